The van der Waals surface area contributed by atoms with E-state index in [0.29, 0.717) is 17.2 Å². The van der Waals surface area contributed by atoms with Crippen molar-refractivity contribution in [3.63, 3.8) is 0 Å². The zero-order valence-corrected chi connectivity index (χ0v) is 15.1. The summed E-state index contributed by atoms with van der Waals surface area (Å²) >= 11 is 5.89. The molecule has 138 valence electrons. The highest BCUT2D eigenvalue weighted by atomic mass is 35.5. The predicted octanol–water partition coefficient (Wildman–Crippen LogP) is 4.90. The fraction of sp³-hybridized carbons (Fsp3) is 0.100. The van der Waals surface area contributed by atoms with E-state index in [1.54, 1.807) is 13.2 Å². The molecule has 0 atom stereocenters. The lowest BCUT2D eigenvalue weighted by Gasteiger charge is -2.03. The summed E-state index contributed by atoms with van der Waals surface area (Å²) in [4.78, 5) is 11.8. The van der Waals surface area contributed by atoms with Crippen molar-refractivity contribution >= 4 is 23.6 Å². The molecule has 0 aliphatic heterocycles. The van der Waals surface area contributed by atoms with Crippen molar-refractivity contribution in [1.29, 1.82) is 0 Å². The lowest BCUT2D eigenvalue weighted by molar-refractivity contribution is -0.139. The minimum atomic E-state index is -0.662. The molecule has 0 spiro atoms. The summed E-state index contributed by atoms with van der Waals surface area (Å²) in [6.45, 7) is -0.115. The first-order chi connectivity index (χ1) is 13.1. The number of hydrogen-bond acceptors (Lipinski definition) is 5. The van der Waals surface area contributed by atoms with Gasteiger partial charge in [0.2, 0.25) is 0 Å². The maximum atomic E-state index is 13.7. The summed E-state index contributed by atoms with van der Waals surface area (Å²) < 4.78 is 29.2. The molecule has 0 unspecified atom stereocenters. The lowest BCUT2D eigenvalue weighted by atomic mass is 10.1. The maximum Gasteiger partial charge on any atom is 0.331 e. The average molecular weight is 388 g/mol. The SMILES string of the molecule is COc1ccccc1-c1cc(COC(=O)/C=C/c2c(F)cccc2Cl)on1. The molecule has 5 nitrogen and oxygen atoms in total. The molecule has 2 aromatic carbocycles. The van der Waals surface area contributed by atoms with E-state index in [0.717, 1.165) is 11.6 Å². The normalized spacial score (nSPS) is 10.9. The Morgan fingerprint density at radius 1 is 1.26 bits per heavy atom. The predicted molar refractivity (Wildman–Crippen MR) is 98.7 cm³/mol. The molecule has 0 aliphatic carbocycles. The standard InChI is InChI=1S/C20H15ClFNO4/c1-25-19-8-3-2-5-15(19)18-11-13(27-23-18)12-26-20(24)10-9-14-16(21)6-4-7-17(14)22/h2-11H,12H2,1H3/b10-9+. The summed E-state index contributed by atoms with van der Waals surface area (Å²) in [7, 11) is 1.57. The molecular formula is C20H15ClFNO4. The van der Waals surface area contributed by atoms with Crippen LogP contribution in [-0.4, -0.2) is 18.2 Å². The van der Waals surface area contributed by atoms with E-state index in [1.165, 1.54) is 24.3 Å². The molecule has 0 amide bonds. The van der Waals surface area contributed by atoms with E-state index in [-0.39, 0.29) is 17.2 Å². The third kappa shape index (κ3) is 4.54. The number of aromatic nitrogens is 1. The van der Waals surface area contributed by atoms with Crippen LogP contribution in [0.15, 0.2) is 59.1 Å². The lowest BCUT2D eigenvalue weighted by Crippen LogP contribution is -2.00. The number of esters is 1. The molecule has 27 heavy (non-hydrogen) atoms. The van der Waals surface area contributed by atoms with E-state index in [1.807, 2.05) is 24.3 Å². The van der Waals surface area contributed by atoms with Gasteiger partial charge in [-0.1, -0.05) is 35.0 Å². The van der Waals surface area contributed by atoms with Crippen molar-refractivity contribution < 1.29 is 23.2 Å². The molecule has 0 aliphatic rings. The average Bonchev–Trinajstić information content (AvgIpc) is 3.15. The van der Waals surface area contributed by atoms with Crippen LogP contribution >= 0.6 is 11.6 Å². The van der Waals surface area contributed by atoms with E-state index >= 15 is 0 Å². The van der Waals surface area contributed by atoms with Gasteiger partial charge in [0.15, 0.2) is 12.4 Å². The van der Waals surface area contributed by atoms with Crippen LogP contribution in [0.2, 0.25) is 5.02 Å². The maximum absolute atomic E-state index is 13.7. The van der Waals surface area contributed by atoms with Gasteiger partial charge in [-0.05, 0) is 30.3 Å². The quantitative estimate of drug-likeness (QED) is 0.444. The van der Waals surface area contributed by atoms with Crippen molar-refractivity contribution in [2.75, 3.05) is 7.11 Å². The van der Waals surface area contributed by atoms with Gasteiger partial charge >= 0.3 is 5.97 Å². The summed E-state index contributed by atoms with van der Waals surface area (Å²) in [5, 5.41) is 4.16. The number of benzene rings is 2. The van der Waals surface area contributed by atoms with Gasteiger partial charge < -0.3 is 14.0 Å². The van der Waals surface area contributed by atoms with Crippen molar-refractivity contribution in [3.05, 3.63) is 76.8 Å². The molecule has 0 N–H and O–H groups in total. The molecule has 3 rings (SSSR count). The Labute approximate surface area is 160 Å². The summed E-state index contributed by atoms with van der Waals surface area (Å²) in [5.41, 5.74) is 1.44. The Morgan fingerprint density at radius 2 is 2.07 bits per heavy atom. The minimum Gasteiger partial charge on any atom is -0.496 e. The third-order valence-corrected chi connectivity index (χ3v) is 4.01. The van der Waals surface area contributed by atoms with Crippen LogP contribution < -0.4 is 4.74 Å². The molecule has 0 bridgehead atoms. The van der Waals surface area contributed by atoms with Crippen LogP contribution in [0.3, 0.4) is 0 Å². The first-order valence-corrected chi connectivity index (χ1v) is 8.34. The molecular weight excluding hydrogens is 373 g/mol. The van der Waals surface area contributed by atoms with Gasteiger partial charge in [-0.25, -0.2) is 9.18 Å². The summed E-state index contributed by atoms with van der Waals surface area (Å²) in [5.74, 6) is -0.173. The van der Waals surface area contributed by atoms with Crippen molar-refractivity contribution in [1.82, 2.24) is 5.16 Å². The van der Waals surface area contributed by atoms with E-state index in [2.05, 4.69) is 5.16 Å². The number of hydrogen-bond donors (Lipinski definition) is 0. The molecule has 7 heteroatoms. The van der Waals surface area contributed by atoms with Gasteiger partial charge in [0.25, 0.3) is 0 Å². The molecule has 0 saturated carbocycles. The first kappa shape index (κ1) is 18.7. The van der Waals surface area contributed by atoms with Crippen LogP contribution in [0.5, 0.6) is 5.75 Å². The fourth-order valence-corrected chi connectivity index (χ4v) is 2.60. The smallest absolute Gasteiger partial charge is 0.331 e. The fourth-order valence-electron chi connectivity index (χ4n) is 2.38. The zero-order valence-electron chi connectivity index (χ0n) is 14.3. The summed E-state index contributed by atoms with van der Waals surface area (Å²) in [6, 6.07) is 13.3. The van der Waals surface area contributed by atoms with Crippen molar-refractivity contribution in [3.8, 4) is 17.0 Å². The highest BCUT2D eigenvalue weighted by Crippen LogP contribution is 2.29. The van der Waals surface area contributed by atoms with Crippen molar-refractivity contribution in [2.24, 2.45) is 0 Å². The highest BCUT2D eigenvalue weighted by molar-refractivity contribution is 6.32. The Bertz CT molecular complexity index is 963. The highest BCUT2D eigenvalue weighted by Gasteiger charge is 2.12. The van der Waals surface area contributed by atoms with E-state index < -0.39 is 11.8 Å². The Balaban J connectivity index is 1.63. The monoisotopic (exact) mass is 387 g/mol. The second kappa shape index (κ2) is 8.51. The third-order valence-electron chi connectivity index (χ3n) is 3.68. The van der Waals surface area contributed by atoms with Gasteiger partial charge in [0, 0.05) is 23.3 Å². The van der Waals surface area contributed by atoms with E-state index in [9.17, 15) is 9.18 Å². The van der Waals surface area contributed by atoms with Crippen LogP contribution in [0, 0.1) is 5.82 Å². The van der Waals surface area contributed by atoms with Gasteiger partial charge in [-0.15, -0.1) is 0 Å². The molecule has 0 fully saturated rings. The largest absolute Gasteiger partial charge is 0.496 e. The van der Waals surface area contributed by atoms with Crippen LogP contribution in [-0.2, 0) is 16.1 Å². The number of halogens is 2. The molecule has 3 aromatic rings. The number of para-hydroxylation sites is 1. The van der Waals surface area contributed by atoms with E-state index in [4.69, 9.17) is 25.6 Å². The van der Waals surface area contributed by atoms with Crippen molar-refractivity contribution in [2.45, 2.75) is 6.61 Å². The number of carbonyl (C=O) groups excluding carboxylic acids is 1. The second-order valence-electron chi connectivity index (χ2n) is 5.46. The molecule has 0 radical (unpaired) electrons. The van der Waals surface area contributed by atoms with Crippen LogP contribution in [0.25, 0.3) is 17.3 Å². The topological polar surface area (TPSA) is 61.6 Å². The van der Waals surface area contributed by atoms with Gasteiger partial charge in [-0.2, -0.15) is 0 Å². The molecule has 1 aromatic heterocycles. The molecule has 0 saturated heterocycles. The first-order valence-electron chi connectivity index (χ1n) is 7.96. The second-order valence-corrected chi connectivity index (χ2v) is 5.86. The number of ether oxygens (including phenoxy) is 2. The van der Waals surface area contributed by atoms with Crippen LogP contribution in [0.1, 0.15) is 11.3 Å². The summed E-state index contributed by atoms with van der Waals surface area (Å²) in [6.07, 6.45) is 2.36. The number of carbonyl (C=O) groups is 1. The minimum absolute atomic E-state index is 0.115. The molecule has 1 heterocycles. The van der Waals surface area contributed by atoms with Crippen LogP contribution in [0.4, 0.5) is 4.39 Å². The van der Waals surface area contributed by atoms with Gasteiger partial charge in [0.05, 0.1) is 12.1 Å². The Hall–Kier alpha value is -3.12. The zero-order chi connectivity index (χ0) is 19.2. The Kier molecular flexibility index (Phi) is 5.88. The number of rotatable bonds is 6. The number of nitrogens with zero attached hydrogens (tertiary/aromatic N) is 1. The van der Waals surface area contributed by atoms with Gasteiger partial charge in [0.1, 0.15) is 17.3 Å². The Morgan fingerprint density at radius 3 is 2.85 bits per heavy atom. The van der Waals surface area contributed by atoms with Gasteiger partial charge in [-0.3, -0.25) is 0 Å². The number of methoxy groups -OCH3 is 1.